The van der Waals surface area contributed by atoms with Gasteiger partial charge in [-0.25, -0.2) is 0 Å². The molecule has 0 saturated heterocycles. The smallest absolute Gasteiger partial charge is 0.406 e. The van der Waals surface area contributed by atoms with E-state index in [0.717, 1.165) is 4.90 Å². The Labute approximate surface area is 109 Å². The van der Waals surface area contributed by atoms with Gasteiger partial charge in [0.25, 0.3) is 0 Å². The van der Waals surface area contributed by atoms with E-state index in [2.05, 4.69) is 0 Å². The maximum Gasteiger partial charge on any atom is 0.406 e. The summed E-state index contributed by atoms with van der Waals surface area (Å²) >= 11 is 0. The van der Waals surface area contributed by atoms with Gasteiger partial charge >= 0.3 is 12.1 Å². The van der Waals surface area contributed by atoms with Crippen LogP contribution in [0.3, 0.4) is 0 Å². The van der Waals surface area contributed by atoms with Crippen LogP contribution in [0.4, 0.5) is 13.2 Å². The zero-order chi connectivity index (χ0) is 14.8. The number of carboxylic acids is 1. The Kier molecular flexibility index (Phi) is 4.81. The van der Waals surface area contributed by atoms with Gasteiger partial charge in [0.05, 0.1) is 11.8 Å². The Hall–Kier alpha value is -1.27. The third-order valence-corrected chi connectivity index (χ3v) is 3.41. The Balaban J connectivity index is 2.85. The molecule has 1 saturated carbocycles. The van der Waals surface area contributed by atoms with Gasteiger partial charge < -0.3 is 10.0 Å². The molecular formula is C12H18F3NO3. The molecule has 7 heteroatoms. The summed E-state index contributed by atoms with van der Waals surface area (Å²) in [5, 5.41) is 8.99. The van der Waals surface area contributed by atoms with Crippen molar-refractivity contribution in [3.63, 3.8) is 0 Å². The van der Waals surface area contributed by atoms with Crippen LogP contribution in [-0.2, 0) is 9.59 Å². The van der Waals surface area contributed by atoms with Crippen molar-refractivity contribution in [2.45, 2.75) is 45.3 Å². The summed E-state index contributed by atoms with van der Waals surface area (Å²) in [6.07, 6.45) is -3.22. The standard InChI is InChI=1S/C12H18F3NO3/c1-7(2)16(6-12(13,14)15)10(17)8-4-3-5-9(8)11(18)19/h7-9H,3-6H2,1-2H3,(H,18,19)/t8-,9+/m1/s1. The van der Waals surface area contributed by atoms with Gasteiger partial charge in [0.2, 0.25) is 5.91 Å². The molecule has 110 valence electrons. The van der Waals surface area contributed by atoms with Crippen LogP contribution in [-0.4, -0.2) is 40.6 Å². The van der Waals surface area contributed by atoms with Crippen molar-refractivity contribution in [2.75, 3.05) is 6.54 Å². The number of aliphatic carboxylic acids is 1. The predicted molar refractivity (Wildman–Crippen MR) is 61.4 cm³/mol. The molecule has 0 heterocycles. The summed E-state index contributed by atoms with van der Waals surface area (Å²) in [4.78, 5) is 23.9. The van der Waals surface area contributed by atoms with Crippen LogP contribution in [0.1, 0.15) is 33.1 Å². The molecule has 0 radical (unpaired) electrons. The van der Waals surface area contributed by atoms with E-state index in [1.165, 1.54) is 13.8 Å². The van der Waals surface area contributed by atoms with Gasteiger partial charge in [0.1, 0.15) is 6.54 Å². The number of rotatable bonds is 4. The summed E-state index contributed by atoms with van der Waals surface area (Å²) in [6.45, 7) is 1.66. The minimum absolute atomic E-state index is 0.344. The van der Waals surface area contributed by atoms with Crippen molar-refractivity contribution in [3.05, 3.63) is 0 Å². The SMILES string of the molecule is CC(C)N(CC(F)(F)F)C(=O)[C@@H]1CCC[C@@H]1C(=O)O. The topological polar surface area (TPSA) is 57.6 Å². The minimum Gasteiger partial charge on any atom is -0.481 e. The van der Waals surface area contributed by atoms with E-state index >= 15 is 0 Å². The van der Waals surface area contributed by atoms with Gasteiger partial charge in [0, 0.05) is 6.04 Å². The zero-order valence-electron chi connectivity index (χ0n) is 10.9. The third kappa shape index (κ3) is 4.11. The van der Waals surface area contributed by atoms with Gasteiger partial charge in [0.15, 0.2) is 0 Å². The Morgan fingerprint density at radius 2 is 1.79 bits per heavy atom. The Bertz CT molecular complexity index is 355. The summed E-state index contributed by atoms with van der Waals surface area (Å²) in [6, 6.07) is -0.607. The zero-order valence-corrected chi connectivity index (χ0v) is 10.9. The highest BCUT2D eigenvalue weighted by molar-refractivity contribution is 5.85. The van der Waals surface area contributed by atoms with E-state index in [0.29, 0.717) is 19.3 Å². The van der Waals surface area contributed by atoms with Gasteiger partial charge in [-0.3, -0.25) is 9.59 Å². The second-order valence-electron chi connectivity index (χ2n) is 5.16. The first-order valence-electron chi connectivity index (χ1n) is 6.23. The second kappa shape index (κ2) is 5.79. The molecule has 0 spiro atoms. The number of halogens is 3. The number of amides is 1. The van der Waals surface area contributed by atoms with E-state index in [9.17, 15) is 22.8 Å². The highest BCUT2D eigenvalue weighted by Gasteiger charge is 2.43. The molecule has 2 atom stereocenters. The van der Waals surface area contributed by atoms with Crippen molar-refractivity contribution in [2.24, 2.45) is 11.8 Å². The van der Waals surface area contributed by atoms with Crippen LogP contribution in [0.15, 0.2) is 0 Å². The molecule has 1 amide bonds. The second-order valence-corrected chi connectivity index (χ2v) is 5.16. The fourth-order valence-corrected chi connectivity index (χ4v) is 2.47. The van der Waals surface area contributed by atoms with Crippen molar-refractivity contribution in [1.29, 1.82) is 0 Å². The Morgan fingerprint density at radius 1 is 1.26 bits per heavy atom. The number of hydrogen-bond donors (Lipinski definition) is 1. The fraction of sp³-hybridized carbons (Fsp3) is 0.833. The van der Waals surface area contributed by atoms with Gasteiger partial charge in [-0.05, 0) is 26.7 Å². The number of carbonyl (C=O) groups excluding carboxylic acids is 1. The van der Waals surface area contributed by atoms with Crippen LogP contribution in [0.2, 0.25) is 0 Å². The molecule has 0 aliphatic heterocycles. The van der Waals surface area contributed by atoms with E-state index in [4.69, 9.17) is 5.11 Å². The number of hydrogen-bond acceptors (Lipinski definition) is 2. The number of alkyl halides is 3. The molecule has 19 heavy (non-hydrogen) atoms. The number of nitrogens with zero attached hydrogens (tertiary/aromatic N) is 1. The molecule has 0 unspecified atom stereocenters. The van der Waals surface area contributed by atoms with E-state index in [1.54, 1.807) is 0 Å². The lowest BCUT2D eigenvalue weighted by Crippen LogP contribution is -2.47. The van der Waals surface area contributed by atoms with Crippen LogP contribution in [0.25, 0.3) is 0 Å². The van der Waals surface area contributed by atoms with Crippen molar-refractivity contribution < 1.29 is 27.9 Å². The molecule has 1 rings (SSSR count). The summed E-state index contributed by atoms with van der Waals surface area (Å²) in [5.74, 6) is -3.49. The van der Waals surface area contributed by atoms with E-state index in [-0.39, 0.29) is 0 Å². The van der Waals surface area contributed by atoms with E-state index < -0.39 is 42.5 Å². The molecule has 0 aromatic rings. The van der Waals surface area contributed by atoms with Crippen LogP contribution >= 0.6 is 0 Å². The van der Waals surface area contributed by atoms with Crippen LogP contribution in [0, 0.1) is 11.8 Å². The molecular weight excluding hydrogens is 263 g/mol. The lowest BCUT2D eigenvalue weighted by Gasteiger charge is -2.31. The number of carbonyl (C=O) groups is 2. The highest BCUT2D eigenvalue weighted by atomic mass is 19.4. The van der Waals surface area contributed by atoms with Crippen molar-refractivity contribution in [1.82, 2.24) is 4.90 Å². The first-order valence-corrected chi connectivity index (χ1v) is 6.23. The monoisotopic (exact) mass is 281 g/mol. The summed E-state index contributed by atoms with van der Waals surface area (Å²) < 4.78 is 37.4. The molecule has 1 aliphatic rings. The van der Waals surface area contributed by atoms with Gasteiger partial charge in [-0.1, -0.05) is 6.42 Å². The molecule has 1 N–H and O–H groups in total. The molecule has 1 aliphatic carbocycles. The first kappa shape index (κ1) is 15.8. The molecule has 0 aromatic heterocycles. The number of carboxylic acid groups (broad SMARTS) is 1. The van der Waals surface area contributed by atoms with Gasteiger partial charge in [-0.2, -0.15) is 13.2 Å². The largest absolute Gasteiger partial charge is 0.481 e. The van der Waals surface area contributed by atoms with Crippen molar-refractivity contribution in [3.8, 4) is 0 Å². The summed E-state index contributed by atoms with van der Waals surface area (Å²) in [5.41, 5.74) is 0. The Morgan fingerprint density at radius 3 is 2.21 bits per heavy atom. The molecule has 4 nitrogen and oxygen atoms in total. The molecule has 0 aromatic carbocycles. The minimum atomic E-state index is -4.47. The van der Waals surface area contributed by atoms with Crippen LogP contribution in [0.5, 0.6) is 0 Å². The van der Waals surface area contributed by atoms with E-state index in [1.807, 2.05) is 0 Å². The predicted octanol–water partition coefficient (Wildman–Crippen LogP) is 2.29. The lowest BCUT2D eigenvalue weighted by atomic mass is 9.94. The average Bonchev–Trinajstić information content (AvgIpc) is 2.72. The van der Waals surface area contributed by atoms with Crippen LogP contribution < -0.4 is 0 Å². The first-order chi connectivity index (χ1) is 8.63. The molecule has 1 fully saturated rings. The summed E-state index contributed by atoms with van der Waals surface area (Å²) in [7, 11) is 0. The fourth-order valence-electron chi connectivity index (χ4n) is 2.47. The maximum atomic E-state index is 12.5. The lowest BCUT2D eigenvalue weighted by molar-refractivity contribution is -0.169. The quantitative estimate of drug-likeness (QED) is 0.860. The molecule has 0 bridgehead atoms. The third-order valence-electron chi connectivity index (χ3n) is 3.41. The normalized spacial score (nSPS) is 23.7. The maximum absolute atomic E-state index is 12.5. The average molecular weight is 281 g/mol. The van der Waals surface area contributed by atoms with Crippen molar-refractivity contribution >= 4 is 11.9 Å². The van der Waals surface area contributed by atoms with Gasteiger partial charge in [-0.15, -0.1) is 0 Å². The highest BCUT2D eigenvalue weighted by Crippen LogP contribution is 2.34.